The van der Waals surface area contributed by atoms with E-state index in [4.69, 9.17) is 4.74 Å². The average molecular weight is 329 g/mol. The molecule has 1 aliphatic rings. The minimum atomic E-state index is -0.614. The Balaban J connectivity index is 1.76. The summed E-state index contributed by atoms with van der Waals surface area (Å²) in [5.74, 6) is -0.760. The number of carbonyl (C=O) groups is 3. The molecule has 5 nitrogen and oxygen atoms in total. The number of Topliss-reactive ketones (excluding diaryl/α,β-unsaturated/α-hetero) is 1. The lowest BCUT2D eigenvalue weighted by Gasteiger charge is -2.16. The van der Waals surface area contributed by atoms with Crippen LogP contribution in [0.2, 0.25) is 0 Å². The number of carbonyl (C=O) groups excluding carboxylic acids is 3. The zero-order chi connectivity index (χ0) is 17.4. The second-order valence-electron chi connectivity index (χ2n) is 6.05. The van der Waals surface area contributed by atoms with E-state index in [2.05, 4.69) is 5.32 Å². The molecule has 24 heavy (non-hydrogen) atoms. The molecule has 0 saturated heterocycles. The number of ether oxygens (including phenoxy) is 1. The van der Waals surface area contributed by atoms with Gasteiger partial charge in [0.1, 0.15) is 0 Å². The smallest absolute Gasteiger partial charge is 0.306 e. The monoisotopic (exact) mass is 329 g/mol. The third-order valence-corrected chi connectivity index (χ3v) is 4.01. The van der Waals surface area contributed by atoms with Gasteiger partial charge in [-0.1, -0.05) is 42.5 Å². The zero-order valence-electron chi connectivity index (χ0n) is 13.9. The van der Waals surface area contributed by atoms with Crippen molar-refractivity contribution in [1.29, 1.82) is 0 Å². The first-order valence-electron chi connectivity index (χ1n) is 8.20. The molecule has 0 aromatic heterocycles. The van der Waals surface area contributed by atoms with E-state index in [0.29, 0.717) is 12.8 Å². The fourth-order valence-electron chi connectivity index (χ4n) is 2.67. The van der Waals surface area contributed by atoms with Crippen molar-refractivity contribution in [2.75, 3.05) is 6.61 Å². The molecule has 1 aromatic rings. The Kier molecular flexibility index (Phi) is 6.73. The first-order chi connectivity index (χ1) is 11.5. The second kappa shape index (κ2) is 9.01. The van der Waals surface area contributed by atoms with Crippen LogP contribution in [-0.2, 0) is 25.5 Å². The molecule has 2 rings (SSSR count). The molecule has 1 aromatic carbocycles. The van der Waals surface area contributed by atoms with Crippen molar-refractivity contribution < 1.29 is 19.1 Å². The molecule has 1 aliphatic carbocycles. The van der Waals surface area contributed by atoms with Gasteiger partial charge in [0.15, 0.2) is 12.4 Å². The van der Waals surface area contributed by atoms with Gasteiger partial charge in [0, 0.05) is 0 Å². The molecule has 1 N–H and O–H groups in total. The molecular formula is C19H23NO4. The Hall–Kier alpha value is -2.43. The van der Waals surface area contributed by atoms with E-state index in [-0.39, 0.29) is 24.3 Å². The largest absolute Gasteiger partial charge is 0.456 e. The zero-order valence-corrected chi connectivity index (χ0v) is 13.9. The molecule has 0 unspecified atom stereocenters. The molecule has 0 saturated carbocycles. The molecular weight excluding hydrogens is 306 g/mol. The molecule has 0 radical (unpaired) electrons. The summed E-state index contributed by atoms with van der Waals surface area (Å²) in [6.45, 7) is 1.08. The second-order valence-corrected chi connectivity index (χ2v) is 6.05. The van der Waals surface area contributed by atoms with Crippen LogP contribution in [0.25, 0.3) is 0 Å². The predicted molar refractivity (Wildman–Crippen MR) is 90.2 cm³/mol. The standard InChI is InChI=1S/C19H23NO4/c1-14(21)17(11-15-7-3-2-4-8-15)20-18(22)13-24-19(23)12-16-9-5-6-10-16/h2-5,7-9,16-17H,6,10-13H2,1H3,(H,20,22)/t16-,17+/m1/s1. The van der Waals surface area contributed by atoms with E-state index in [9.17, 15) is 14.4 Å². The van der Waals surface area contributed by atoms with Gasteiger partial charge in [0.05, 0.1) is 12.5 Å². The molecule has 0 spiro atoms. The number of nitrogens with one attached hydrogen (secondary N) is 1. The van der Waals surface area contributed by atoms with Gasteiger partial charge >= 0.3 is 5.97 Å². The van der Waals surface area contributed by atoms with Gasteiger partial charge in [-0.15, -0.1) is 0 Å². The van der Waals surface area contributed by atoms with E-state index < -0.39 is 11.9 Å². The first kappa shape index (κ1) is 17.9. The van der Waals surface area contributed by atoms with Crippen LogP contribution in [0.1, 0.15) is 31.7 Å². The lowest BCUT2D eigenvalue weighted by atomic mass is 10.0. The molecule has 1 amide bonds. The van der Waals surface area contributed by atoms with E-state index in [1.54, 1.807) is 0 Å². The van der Waals surface area contributed by atoms with Gasteiger partial charge in [-0.2, -0.15) is 0 Å². The van der Waals surface area contributed by atoms with Gasteiger partial charge in [-0.05, 0) is 37.7 Å². The number of esters is 1. The van der Waals surface area contributed by atoms with Crippen molar-refractivity contribution in [3.05, 3.63) is 48.0 Å². The summed E-state index contributed by atoms with van der Waals surface area (Å²) in [4.78, 5) is 35.4. The summed E-state index contributed by atoms with van der Waals surface area (Å²) in [6, 6.07) is 8.84. The third kappa shape index (κ3) is 5.99. The Morgan fingerprint density at radius 3 is 2.62 bits per heavy atom. The van der Waals surface area contributed by atoms with Gasteiger partial charge in [0.2, 0.25) is 0 Å². The van der Waals surface area contributed by atoms with Crippen LogP contribution in [0.3, 0.4) is 0 Å². The maximum Gasteiger partial charge on any atom is 0.306 e. The molecule has 0 heterocycles. The summed E-state index contributed by atoms with van der Waals surface area (Å²) in [7, 11) is 0. The fourth-order valence-corrected chi connectivity index (χ4v) is 2.67. The van der Waals surface area contributed by atoms with Crippen LogP contribution in [0, 0.1) is 5.92 Å². The lowest BCUT2D eigenvalue weighted by molar-refractivity contribution is -0.149. The summed E-state index contributed by atoms with van der Waals surface area (Å²) >= 11 is 0. The molecule has 128 valence electrons. The highest BCUT2D eigenvalue weighted by Gasteiger charge is 2.19. The van der Waals surface area contributed by atoms with Crippen LogP contribution < -0.4 is 5.32 Å². The Labute approximate surface area is 142 Å². The van der Waals surface area contributed by atoms with Gasteiger partial charge in [-0.3, -0.25) is 14.4 Å². The van der Waals surface area contributed by atoms with Crippen LogP contribution >= 0.6 is 0 Å². The van der Waals surface area contributed by atoms with E-state index in [0.717, 1.165) is 18.4 Å². The van der Waals surface area contributed by atoms with Crippen molar-refractivity contribution in [3.8, 4) is 0 Å². The third-order valence-electron chi connectivity index (χ3n) is 4.01. The normalized spacial score (nSPS) is 17.3. The molecule has 2 atom stereocenters. The number of rotatable bonds is 8. The predicted octanol–water partition coefficient (Wildman–Crippen LogP) is 2.20. The number of hydrogen-bond donors (Lipinski definition) is 1. The highest BCUT2D eigenvalue weighted by atomic mass is 16.5. The van der Waals surface area contributed by atoms with Gasteiger partial charge < -0.3 is 10.1 Å². The summed E-state index contributed by atoms with van der Waals surface area (Å²) in [5, 5.41) is 2.63. The lowest BCUT2D eigenvalue weighted by Crippen LogP contribution is -2.43. The maximum atomic E-state index is 11.9. The quantitative estimate of drug-likeness (QED) is 0.586. The number of amides is 1. The van der Waals surface area contributed by atoms with Crippen LogP contribution in [0.4, 0.5) is 0 Å². The highest BCUT2D eigenvalue weighted by Crippen LogP contribution is 2.20. The Morgan fingerprint density at radius 1 is 1.25 bits per heavy atom. The number of ketones is 1. The minimum Gasteiger partial charge on any atom is -0.456 e. The molecule has 0 aliphatic heterocycles. The van der Waals surface area contributed by atoms with Crippen molar-refractivity contribution in [3.63, 3.8) is 0 Å². The number of hydrogen-bond acceptors (Lipinski definition) is 4. The van der Waals surface area contributed by atoms with Crippen LogP contribution in [0.5, 0.6) is 0 Å². The van der Waals surface area contributed by atoms with Crippen LogP contribution in [-0.4, -0.2) is 30.3 Å². The van der Waals surface area contributed by atoms with Crippen molar-refractivity contribution >= 4 is 17.7 Å². The van der Waals surface area contributed by atoms with E-state index >= 15 is 0 Å². The average Bonchev–Trinajstić information content (AvgIpc) is 3.06. The molecule has 0 bridgehead atoms. The fraction of sp³-hybridized carbons (Fsp3) is 0.421. The van der Waals surface area contributed by atoms with Crippen LogP contribution in [0.15, 0.2) is 42.5 Å². The van der Waals surface area contributed by atoms with Crippen molar-refractivity contribution in [2.24, 2.45) is 5.92 Å². The maximum absolute atomic E-state index is 11.9. The van der Waals surface area contributed by atoms with E-state index in [1.165, 1.54) is 6.92 Å². The summed E-state index contributed by atoms with van der Waals surface area (Å²) in [5.41, 5.74) is 0.961. The van der Waals surface area contributed by atoms with E-state index in [1.807, 2.05) is 42.5 Å². The summed E-state index contributed by atoms with van der Waals surface area (Å²) < 4.78 is 5.00. The SMILES string of the molecule is CC(=O)[C@H](Cc1ccccc1)NC(=O)COC(=O)C[C@@H]1C=CCC1. The van der Waals surface area contributed by atoms with Crippen molar-refractivity contribution in [1.82, 2.24) is 5.32 Å². The first-order valence-corrected chi connectivity index (χ1v) is 8.20. The summed E-state index contributed by atoms with van der Waals surface area (Å²) in [6.07, 6.45) is 6.70. The topological polar surface area (TPSA) is 72.5 Å². The number of allylic oxidation sites excluding steroid dienone is 2. The highest BCUT2D eigenvalue weighted by molar-refractivity contribution is 5.88. The van der Waals surface area contributed by atoms with Gasteiger partial charge in [-0.25, -0.2) is 0 Å². The molecule has 5 heteroatoms. The number of benzene rings is 1. The minimum absolute atomic E-state index is 0.130. The van der Waals surface area contributed by atoms with Crippen molar-refractivity contribution in [2.45, 2.75) is 38.6 Å². The van der Waals surface area contributed by atoms with Gasteiger partial charge in [0.25, 0.3) is 5.91 Å². The molecule has 0 fully saturated rings. The Morgan fingerprint density at radius 2 is 2.00 bits per heavy atom. The Bertz CT molecular complexity index is 609.